The molecule has 1 aliphatic rings. The first-order chi connectivity index (χ1) is 6.75. The van der Waals surface area contributed by atoms with Crippen molar-refractivity contribution in [1.82, 2.24) is 4.98 Å². The van der Waals surface area contributed by atoms with Gasteiger partial charge in [-0.25, -0.2) is 9.37 Å². The maximum absolute atomic E-state index is 13.1. The highest BCUT2D eigenvalue weighted by atomic mass is 19.1. The Bertz CT molecular complexity index is 310. The van der Waals surface area contributed by atoms with Gasteiger partial charge in [0.2, 0.25) is 0 Å². The second-order valence-corrected chi connectivity index (χ2v) is 3.81. The smallest absolute Gasteiger partial charge is 0.165 e. The summed E-state index contributed by atoms with van der Waals surface area (Å²) < 4.78 is 13.1. The van der Waals surface area contributed by atoms with Gasteiger partial charge in [-0.05, 0) is 30.9 Å². The highest BCUT2D eigenvalue weighted by Crippen LogP contribution is 2.25. The van der Waals surface area contributed by atoms with Crippen LogP contribution in [0, 0.1) is 11.7 Å². The van der Waals surface area contributed by atoms with Gasteiger partial charge < -0.3 is 11.1 Å². The van der Waals surface area contributed by atoms with Crippen LogP contribution in [0.5, 0.6) is 0 Å². The lowest BCUT2D eigenvalue weighted by Crippen LogP contribution is -2.39. The van der Waals surface area contributed by atoms with E-state index in [1.165, 1.54) is 6.07 Å². The molecule has 1 aromatic rings. The highest BCUT2D eigenvalue weighted by molar-refractivity contribution is 5.35. The summed E-state index contributed by atoms with van der Waals surface area (Å²) in [6, 6.07) is 3.33. The van der Waals surface area contributed by atoms with E-state index in [-0.39, 0.29) is 5.82 Å². The number of hydrogen-bond donors (Lipinski definition) is 2. The van der Waals surface area contributed by atoms with Crippen molar-refractivity contribution < 1.29 is 4.39 Å². The zero-order valence-corrected chi connectivity index (χ0v) is 7.91. The fourth-order valence-electron chi connectivity index (χ4n) is 1.71. The zero-order chi connectivity index (χ0) is 9.97. The van der Waals surface area contributed by atoms with E-state index in [0.717, 1.165) is 19.4 Å². The zero-order valence-electron chi connectivity index (χ0n) is 7.91. The van der Waals surface area contributed by atoms with Crippen molar-refractivity contribution in [3.05, 3.63) is 24.1 Å². The molecule has 0 aromatic carbocycles. The van der Waals surface area contributed by atoms with Crippen molar-refractivity contribution in [2.75, 3.05) is 11.9 Å². The van der Waals surface area contributed by atoms with Crippen LogP contribution >= 0.6 is 0 Å². The van der Waals surface area contributed by atoms with E-state index < -0.39 is 0 Å². The van der Waals surface area contributed by atoms with Gasteiger partial charge in [0.05, 0.1) is 0 Å². The molecule has 0 radical (unpaired) electrons. The van der Waals surface area contributed by atoms with Crippen molar-refractivity contribution in [1.29, 1.82) is 0 Å². The molecule has 0 spiro atoms. The van der Waals surface area contributed by atoms with Crippen molar-refractivity contribution in [2.45, 2.75) is 18.9 Å². The Labute approximate surface area is 82.5 Å². The van der Waals surface area contributed by atoms with Gasteiger partial charge in [0.25, 0.3) is 0 Å². The summed E-state index contributed by atoms with van der Waals surface area (Å²) >= 11 is 0. The normalized spacial score (nSPS) is 25.6. The van der Waals surface area contributed by atoms with Crippen molar-refractivity contribution in [3.8, 4) is 0 Å². The Morgan fingerprint density at radius 1 is 1.57 bits per heavy atom. The van der Waals surface area contributed by atoms with E-state index in [2.05, 4.69) is 10.3 Å². The maximum Gasteiger partial charge on any atom is 0.165 e. The average Bonchev–Trinajstić information content (AvgIpc) is 2.13. The molecule has 0 unspecified atom stereocenters. The van der Waals surface area contributed by atoms with Crippen LogP contribution in [-0.2, 0) is 0 Å². The quantitative estimate of drug-likeness (QED) is 0.765. The fourth-order valence-corrected chi connectivity index (χ4v) is 1.71. The molecule has 76 valence electrons. The van der Waals surface area contributed by atoms with E-state index in [9.17, 15) is 4.39 Å². The van der Waals surface area contributed by atoms with Crippen LogP contribution in [0.3, 0.4) is 0 Å². The Balaban J connectivity index is 1.83. The molecule has 14 heavy (non-hydrogen) atoms. The van der Waals surface area contributed by atoms with Gasteiger partial charge in [0, 0.05) is 18.8 Å². The highest BCUT2D eigenvalue weighted by Gasteiger charge is 2.25. The molecular formula is C10H14FN3. The first-order valence-electron chi connectivity index (χ1n) is 4.85. The number of pyridine rings is 1. The van der Waals surface area contributed by atoms with E-state index in [1.54, 1.807) is 12.3 Å². The van der Waals surface area contributed by atoms with Crippen LogP contribution in [0.15, 0.2) is 18.3 Å². The van der Waals surface area contributed by atoms with E-state index >= 15 is 0 Å². The topological polar surface area (TPSA) is 50.9 Å². The number of anilines is 1. The van der Waals surface area contributed by atoms with Gasteiger partial charge >= 0.3 is 0 Å². The molecule has 1 aliphatic carbocycles. The van der Waals surface area contributed by atoms with Crippen LogP contribution in [0.2, 0.25) is 0 Å². The summed E-state index contributed by atoms with van der Waals surface area (Å²) in [6.45, 7) is 0.766. The predicted octanol–water partition coefficient (Wildman–Crippen LogP) is 1.37. The summed E-state index contributed by atoms with van der Waals surface area (Å²) in [5, 5.41) is 2.99. The minimum absolute atomic E-state index is 0.295. The minimum atomic E-state index is -0.295. The van der Waals surface area contributed by atoms with Gasteiger partial charge in [0.1, 0.15) is 0 Å². The number of rotatable bonds is 3. The van der Waals surface area contributed by atoms with Gasteiger partial charge in [-0.1, -0.05) is 0 Å². The summed E-state index contributed by atoms with van der Waals surface area (Å²) in [5.74, 6) is 0.621. The van der Waals surface area contributed by atoms with Gasteiger partial charge in [0.15, 0.2) is 11.6 Å². The second-order valence-electron chi connectivity index (χ2n) is 3.81. The number of nitrogens with two attached hydrogens (primary N) is 1. The van der Waals surface area contributed by atoms with Crippen molar-refractivity contribution in [2.24, 2.45) is 11.7 Å². The van der Waals surface area contributed by atoms with Gasteiger partial charge in [-0.2, -0.15) is 0 Å². The number of hydrogen-bond acceptors (Lipinski definition) is 3. The molecule has 0 amide bonds. The molecule has 1 fully saturated rings. The number of nitrogens with zero attached hydrogens (tertiary/aromatic N) is 1. The van der Waals surface area contributed by atoms with Crippen LogP contribution in [0.4, 0.5) is 10.2 Å². The van der Waals surface area contributed by atoms with E-state index in [4.69, 9.17) is 5.73 Å². The molecule has 1 heterocycles. The van der Waals surface area contributed by atoms with Crippen molar-refractivity contribution in [3.63, 3.8) is 0 Å². The molecule has 0 bridgehead atoms. The number of nitrogens with one attached hydrogen (secondary N) is 1. The largest absolute Gasteiger partial charge is 0.367 e. The Morgan fingerprint density at radius 2 is 2.36 bits per heavy atom. The molecule has 0 aliphatic heterocycles. The van der Waals surface area contributed by atoms with E-state index in [1.807, 2.05) is 0 Å². The summed E-state index contributed by atoms with van der Waals surface area (Å²) in [6.07, 6.45) is 3.64. The van der Waals surface area contributed by atoms with Crippen LogP contribution in [0.1, 0.15) is 12.8 Å². The predicted molar refractivity (Wildman–Crippen MR) is 53.4 cm³/mol. The SMILES string of the molecule is NC1CC(CNc2ncccc2F)C1. The minimum Gasteiger partial charge on any atom is -0.367 e. The lowest BCUT2D eigenvalue weighted by Gasteiger charge is -2.32. The van der Waals surface area contributed by atoms with Crippen LogP contribution < -0.4 is 11.1 Å². The molecule has 1 saturated carbocycles. The Kier molecular flexibility index (Phi) is 2.63. The van der Waals surface area contributed by atoms with E-state index in [0.29, 0.717) is 17.8 Å². The lowest BCUT2D eigenvalue weighted by molar-refractivity contribution is 0.279. The second kappa shape index (κ2) is 3.92. The molecule has 3 N–H and O–H groups in total. The number of halogens is 1. The lowest BCUT2D eigenvalue weighted by atomic mass is 9.81. The van der Waals surface area contributed by atoms with Gasteiger partial charge in [-0.3, -0.25) is 0 Å². The standard InChI is InChI=1S/C10H14FN3/c11-9-2-1-3-13-10(9)14-6-7-4-8(12)5-7/h1-3,7-8H,4-6,12H2,(H,13,14). The molecule has 4 heteroatoms. The van der Waals surface area contributed by atoms with Crippen molar-refractivity contribution >= 4 is 5.82 Å². The van der Waals surface area contributed by atoms with Crippen LogP contribution in [0.25, 0.3) is 0 Å². The third-order valence-corrected chi connectivity index (χ3v) is 2.59. The summed E-state index contributed by atoms with van der Waals surface area (Å²) in [7, 11) is 0. The third kappa shape index (κ3) is 2.01. The summed E-state index contributed by atoms with van der Waals surface area (Å²) in [4.78, 5) is 3.91. The first kappa shape index (κ1) is 9.40. The molecule has 0 atom stereocenters. The molecule has 0 saturated heterocycles. The maximum atomic E-state index is 13.1. The Hall–Kier alpha value is -1.16. The molecular weight excluding hydrogens is 181 g/mol. The summed E-state index contributed by atoms with van der Waals surface area (Å²) in [5.41, 5.74) is 5.65. The Morgan fingerprint density at radius 3 is 3.00 bits per heavy atom. The fraction of sp³-hybridized carbons (Fsp3) is 0.500. The average molecular weight is 195 g/mol. The monoisotopic (exact) mass is 195 g/mol. The molecule has 1 aromatic heterocycles. The molecule has 2 rings (SSSR count). The number of aromatic nitrogens is 1. The third-order valence-electron chi connectivity index (χ3n) is 2.59. The van der Waals surface area contributed by atoms with Gasteiger partial charge in [-0.15, -0.1) is 0 Å². The van der Waals surface area contributed by atoms with Crippen LogP contribution in [-0.4, -0.2) is 17.6 Å². The first-order valence-corrected chi connectivity index (χ1v) is 4.85. The molecule has 3 nitrogen and oxygen atoms in total.